The van der Waals surface area contributed by atoms with E-state index < -0.39 is 0 Å². The number of rotatable bonds is 3. The van der Waals surface area contributed by atoms with Gasteiger partial charge in [0.25, 0.3) is 0 Å². The summed E-state index contributed by atoms with van der Waals surface area (Å²) in [4.78, 5) is 10.9. The van der Waals surface area contributed by atoms with Crippen molar-refractivity contribution in [3.8, 4) is 5.75 Å². The number of carbonyl (C=O) groups is 1. The van der Waals surface area contributed by atoms with Gasteiger partial charge in [-0.3, -0.25) is 9.89 Å². The van der Waals surface area contributed by atoms with Crippen LogP contribution in [0, 0.1) is 0 Å². The minimum absolute atomic E-state index is 0.360. The van der Waals surface area contributed by atoms with Crippen molar-refractivity contribution >= 4 is 27.8 Å². The first kappa shape index (κ1) is 17.4. The van der Waals surface area contributed by atoms with Crippen molar-refractivity contribution in [2.24, 2.45) is 0 Å². The molecule has 6 heteroatoms. The molecule has 0 saturated heterocycles. The van der Waals surface area contributed by atoms with Crippen LogP contribution in [-0.4, -0.2) is 37.8 Å². The first-order valence-electron chi connectivity index (χ1n) is 6.39. The summed E-state index contributed by atoms with van der Waals surface area (Å²) in [6.07, 6.45) is 10.7. The van der Waals surface area contributed by atoms with Gasteiger partial charge in [0.2, 0.25) is 0 Å². The van der Waals surface area contributed by atoms with E-state index in [1.54, 1.807) is 14.2 Å². The zero-order chi connectivity index (χ0) is 15.7. The molecule has 0 amide bonds. The van der Waals surface area contributed by atoms with Crippen LogP contribution < -0.4 is 4.74 Å². The SMILES string of the molecule is COC.COc1c(/C2=C/CCC=C(Br)C=C2)n[nH]c1C=O. The Bertz CT molecular complexity index is 559. The number of allylic oxidation sites excluding steroid dienone is 6. The number of aromatic nitrogens is 2. The van der Waals surface area contributed by atoms with Gasteiger partial charge in [-0.25, -0.2) is 0 Å². The molecule has 2 rings (SSSR count). The van der Waals surface area contributed by atoms with Crippen LogP contribution in [0.1, 0.15) is 29.0 Å². The molecule has 0 radical (unpaired) electrons. The molecule has 114 valence electrons. The fraction of sp³-hybridized carbons (Fsp3) is 0.333. The molecule has 1 heterocycles. The van der Waals surface area contributed by atoms with Crippen molar-refractivity contribution in [2.75, 3.05) is 21.3 Å². The van der Waals surface area contributed by atoms with Crippen LogP contribution in [0.5, 0.6) is 5.75 Å². The number of ether oxygens (including phenoxy) is 2. The minimum atomic E-state index is 0.360. The Labute approximate surface area is 132 Å². The molecule has 0 unspecified atom stereocenters. The second-order valence-corrected chi connectivity index (χ2v) is 5.12. The number of nitrogens with zero attached hydrogens (tertiary/aromatic N) is 1. The molecule has 1 aliphatic rings. The Balaban J connectivity index is 0.000000677. The second-order valence-electron chi connectivity index (χ2n) is 4.20. The first-order chi connectivity index (χ1) is 10.2. The van der Waals surface area contributed by atoms with Crippen molar-refractivity contribution in [3.05, 3.63) is 40.2 Å². The highest BCUT2D eigenvalue weighted by Crippen LogP contribution is 2.29. The van der Waals surface area contributed by atoms with Crippen LogP contribution >= 0.6 is 15.9 Å². The highest BCUT2D eigenvalue weighted by atomic mass is 79.9. The fourth-order valence-electron chi connectivity index (χ4n) is 1.77. The Morgan fingerprint density at radius 3 is 2.52 bits per heavy atom. The molecular formula is C15H19BrN2O3. The topological polar surface area (TPSA) is 64.2 Å². The Morgan fingerprint density at radius 1 is 1.24 bits per heavy atom. The van der Waals surface area contributed by atoms with Crippen LogP contribution in [0.3, 0.4) is 0 Å². The maximum absolute atomic E-state index is 10.9. The largest absolute Gasteiger partial charge is 0.492 e. The Hall–Kier alpha value is -1.66. The van der Waals surface area contributed by atoms with E-state index in [1.165, 1.54) is 7.11 Å². The monoisotopic (exact) mass is 354 g/mol. The number of methoxy groups -OCH3 is 2. The summed E-state index contributed by atoms with van der Waals surface area (Å²) in [5.74, 6) is 0.488. The second kappa shape index (κ2) is 9.31. The minimum Gasteiger partial charge on any atom is -0.492 e. The first-order valence-corrected chi connectivity index (χ1v) is 7.19. The average Bonchev–Trinajstić information content (AvgIpc) is 2.87. The zero-order valence-electron chi connectivity index (χ0n) is 12.4. The molecule has 1 aromatic heterocycles. The fourth-order valence-corrected chi connectivity index (χ4v) is 2.13. The molecule has 0 bridgehead atoms. The van der Waals surface area contributed by atoms with E-state index in [1.807, 2.05) is 12.2 Å². The maximum atomic E-state index is 10.9. The summed E-state index contributed by atoms with van der Waals surface area (Å²) in [7, 11) is 4.78. The molecule has 1 aliphatic carbocycles. The highest BCUT2D eigenvalue weighted by Gasteiger charge is 2.15. The molecule has 5 nitrogen and oxygen atoms in total. The summed E-state index contributed by atoms with van der Waals surface area (Å²) in [5.41, 5.74) is 1.97. The standard InChI is InChI=1S/C13H13BrN2O2.C2H6O/c1-18-13-11(8-17)15-16-12(13)9-4-2-3-5-10(14)7-6-9;1-3-2/h4-8H,2-3H2,1H3,(H,15,16);1-2H3/b7-6?,9-4+,10-5?;. The third-order valence-corrected chi connectivity index (χ3v) is 3.22. The summed E-state index contributed by atoms with van der Waals surface area (Å²) >= 11 is 3.46. The normalized spacial score (nSPS) is 16.6. The quantitative estimate of drug-likeness (QED) is 0.843. The Kier molecular flexibility index (Phi) is 7.71. The molecule has 0 fully saturated rings. The van der Waals surface area contributed by atoms with Crippen LogP contribution in [0.15, 0.2) is 28.8 Å². The lowest BCUT2D eigenvalue weighted by molar-refractivity contribution is 0.111. The van der Waals surface area contributed by atoms with Crippen LogP contribution in [0.25, 0.3) is 5.57 Å². The van der Waals surface area contributed by atoms with Gasteiger partial charge in [0, 0.05) is 24.3 Å². The number of hydrogen-bond donors (Lipinski definition) is 1. The van der Waals surface area contributed by atoms with Gasteiger partial charge in [0.05, 0.1) is 7.11 Å². The smallest absolute Gasteiger partial charge is 0.175 e. The van der Waals surface area contributed by atoms with Crippen molar-refractivity contribution < 1.29 is 14.3 Å². The number of hydrogen-bond acceptors (Lipinski definition) is 4. The predicted molar refractivity (Wildman–Crippen MR) is 86.8 cm³/mol. The molecule has 1 aromatic rings. The number of aromatic amines is 1. The van der Waals surface area contributed by atoms with Crippen molar-refractivity contribution in [1.82, 2.24) is 10.2 Å². The zero-order valence-corrected chi connectivity index (χ0v) is 13.9. The van der Waals surface area contributed by atoms with Crippen molar-refractivity contribution in [2.45, 2.75) is 12.8 Å². The van der Waals surface area contributed by atoms with Gasteiger partial charge in [-0.1, -0.05) is 34.2 Å². The summed E-state index contributed by atoms with van der Waals surface area (Å²) < 4.78 is 10.5. The van der Waals surface area contributed by atoms with Crippen molar-refractivity contribution in [1.29, 1.82) is 0 Å². The van der Waals surface area contributed by atoms with Gasteiger partial charge >= 0.3 is 0 Å². The van der Waals surface area contributed by atoms with Crippen LogP contribution in [0.4, 0.5) is 0 Å². The number of halogens is 1. The van der Waals surface area contributed by atoms with E-state index in [4.69, 9.17) is 4.74 Å². The Morgan fingerprint density at radius 2 is 1.90 bits per heavy atom. The van der Waals surface area contributed by atoms with E-state index in [2.05, 4.69) is 43.0 Å². The molecular weight excluding hydrogens is 336 g/mol. The lowest BCUT2D eigenvalue weighted by Gasteiger charge is -2.05. The van der Waals surface area contributed by atoms with Gasteiger partial charge in [-0.15, -0.1) is 0 Å². The van der Waals surface area contributed by atoms with Gasteiger partial charge in [-0.05, 0) is 18.9 Å². The molecule has 0 saturated carbocycles. The van der Waals surface area contributed by atoms with Crippen LogP contribution in [-0.2, 0) is 4.74 Å². The van der Waals surface area contributed by atoms with E-state index in [0.29, 0.717) is 23.4 Å². The average molecular weight is 355 g/mol. The highest BCUT2D eigenvalue weighted by molar-refractivity contribution is 9.11. The number of carbonyl (C=O) groups excluding carboxylic acids is 1. The lowest BCUT2D eigenvalue weighted by atomic mass is 10.1. The predicted octanol–water partition coefficient (Wildman–Crippen LogP) is 3.51. The number of nitrogens with one attached hydrogen (secondary N) is 1. The van der Waals surface area contributed by atoms with Gasteiger partial charge in [0.1, 0.15) is 11.4 Å². The molecule has 0 atom stereocenters. The third-order valence-electron chi connectivity index (χ3n) is 2.64. The van der Waals surface area contributed by atoms with Gasteiger partial charge < -0.3 is 9.47 Å². The summed E-state index contributed by atoms with van der Waals surface area (Å²) in [5, 5.41) is 6.82. The maximum Gasteiger partial charge on any atom is 0.175 e. The van der Waals surface area contributed by atoms with Gasteiger partial charge in [0.15, 0.2) is 12.0 Å². The van der Waals surface area contributed by atoms with Crippen LogP contribution in [0.2, 0.25) is 0 Å². The van der Waals surface area contributed by atoms with E-state index in [0.717, 1.165) is 22.9 Å². The van der Waals surface area contributed by atoms with E-state index in [-0.39, 0.29) is 0 Å². The molecule has 0 spiro atoms. The van der Waals surface area contributed by atoms with Crippen molar-refractivity contribution in [3.63, 3.8) is 0 Å². The summed E-state index contributed by atoms with van der Waals surface area (Å²) in [6.45, 7) is 0. The van der Waals surface area contributed by atoms with E-state index >= 15 is 0 Å². The van der Waals surface area contributed by atoms with Gasteiger partial charge in [-0.2, -0.15) is 5.10 Å². The van der Waals surface area contributed by atoms with E-state index in [9.17, 15) is 4.79 Å². The molecule has 1 N–H and O–H groups in total. The lowest BCUT2D eigenvalue weighted by Crippen LogP contribution is -1.91. The summed E-state index contributed by atoms with van der Waals surface area (Å²) in [6, 6.07) is 0. The molecule has 0 aliphatic heterocycles. The molecule has 21 heavy (non-hydrogen) atoms. The third kappa shape index (κ3) is 4.99. The molecule has 0 aromatic carbocycles. The number of H-pyrrole nitrogens is 1. The number of aldehydes is 1.